The molecule has 5 heterocycles. The molecule has 3 unspecified atom stereocenters. The lowest BCUT2D eigenvalue weighted by Crippen LogP contribution is -2.63. The Morgan fingerprint density at radius 2 is 1.23 bits per heavy atom. The molecule has 4 aromatic carbocycles. The summed E-state index contributed by atoms with van der Waals surface area (Å²) < 4.78 is 13.4. The Kier molecular flexibility index (Phi) is 12.2. The second kappa shape index (κ2) is 17.6. The third kappa shape index (κ3) is 7.95. The number of anilines is 4. The zero-order valence-electron chi connectivity index (χ0n) is 39.0. The van der Waals surface area contributed by atoms with E-state index in [0.29, 0.717) is 23.7 Å². The van der Waals surface area contributed by atoms with Gasteiger partial charge in [-0.05, 0) is 140 Å². The van der Waals surface area contributed by atoms with Crippen LogP contribution in [0.3, 0.4) is 0 Å². The van der Waals surface area contributed by atoms with Gasteiger partial charge in [-0.2, -0.15) is 11.3 Å². The van der Waals surface area contributed by atoms with Crippen LogP contribution in [-0.2, 0) is 51.9 Å². The van der Waals surface area contributed by atoms with Crippen molar-refractivity contribution in [1.82, 2.24) is 0 Å². The number of carboxylic acid groups (broad SMARTS) is 2. The van der Waals surface area contributed by atoms with E-state index in [4.69, 9.17) is 42.6 Å². The number of thiophene rings is 2. The van der Waals surface area contributed by atoms with E-state index in [2.05, 4.69) is 97.0 Å². The van der Waals surface area contributed by atoms with Gasteiger partial charge in [0, 0.05) is 57.0 Å². The Morgan fingerprint density at radius 1 is 0.696 bits per heavy atom. The maximum Gasteiger partial charge on any atom is 0.320 e. The third-order valence-electron chi connectivity index (χ3n) is 14.3. The summed E-state index contributed by atoms with van der Waals surface area (Å²) in [5.41, 5.74) is 34.5. The van der Waals surface area contributed by atoms with Gasteiger partial charge in [-0.15, -0.1) is 11.3 Å². The number of fused-ring (bicyclic) bond motifs is 12. The minimum absolute atomic E-state index is 0.0239. The molecule has 10 rings (SSSR count). The number of nitrogen functional groups attached to an aromatic ring is 2. The topological polar surface area (TPSA) is 255 Å². The van der Waals surface area contributed by atoms with Crippen molar-refractivity contribution >= 4 is 87.6 Å². The molecule has 0 fully saturated rings. The summed E-state index contributed by atoms with van der Waals surface area (Å²) >= 11 is 3.38. The second-order valence-corrected chi connectivity index (χ2v) is 25.4. The number of benzene rings is 4. The highest BCUT2D eigenvalue weighted by molar-refractivity contribution is 7.10. The monoisotopic (exact) mass is 984 g/mol. The van der Waals surface area contributed by atoms with Gasteiger partial charge in [0.25, 0.3) is 0 Å². The fraction of sp³-hybridized carbons (Fsp3) is 0.308. The van der Waals surface area contributed by atoms with Crippen LogP contribution in [0.1, 0.15) is 108 Å². The number of carbonyl (C=O) groups is 4. The molecule has 0 saturated carbocycles. The third-order valence-corrected chi connectivity index (χ3v) is 19.5. The van der Waals surface area contributed by atoms with E-state index in [1.54, 1.807) is 22.7 Å². The molecular weight excluding hydrogens is 929 g/mol. The first kappa shape index (κ1) is 47.9. The first-order valence-electron chi connectivity index (χ1n) is 22.8. The van der Waals surface area contributed by atoms with E-state index >= 15 is 0 Å². The first-order chi connectivity index (χ1) is 32.7. The molecule has 6 aromatic rings. The minimum Gasteiger partial charge on any atom is -0.480 e. The zero-order chi connectivity index (χ0) is 49.4. The van der Waals surface area contributed by atoms with E-state index < -0.39 is 48.7 Å². The van der Waals surface area contributed by atoms with Crippen LogP contribution in [0, 0.1) is 0 Å². The number of ether oxygens (including phenoxy) is 2. The van der Waals surface area contributed by atoms with Crippen molar-refractivity contribution in [3.63, 3.8) is 0 Å². The number of rotatable bonds is 10. The van der Waals surface area contributed by atoms with Crippen molar-refractivity contribution in [3.05, 3.63) is 150 Å². The van der Waals surface area contributed by atoms with Gasteiger partial charge in [-0.1, -0.05) is 51.2 Å². The fourth-order valence-electron chi connectivity index (χ4n) is 10.7. The maximum atomic E-state index is 12.5. The standard InChI is InChI=1S/C27H29N3O4S.C25H27N3O4SSi/c1-14-17-12-35-13-22(17)27(34-14)18-6-4-15(28)10-20(18)26(2,3)21-11-16(5-7-19(21)27)30-24(31)9-8-23(29)25(32)33;1-34(2)21-11-14(26)3-5-17(21)25(16-9-10-33-20(16)13-32-25)18-6-4-15(12-22(18)34)28-23(29)8-7-19(27)24(30)31/h4-7,10-14,23H,8-9,28-29H2,1-3H3,(H,30,31)(H,32,33);3-6,9-12,19H,7-8,13,26-27H2,1-2H3,(H,28,29)(H,30,31)/t14?,23-,27?;19-,25?/m00/s1. The molecule has 4 aliphatic rings. The summed E-state index contributed by atoms with van der Waals surface area (Å²) in [6.45, 7) is 11.5. The first-order valence-corrected chi connectivity index (χ1v) is 27.6. The molecule has 0 radical (unpaired) electrons. The van der Waals surface area contributed by atoms with E-state index in [0.717, 1.165) is 44.6 Å². The predicted octanol–water partition coefficient (Wildman–Crippen LogP) is 6.90. The van der Waals surface area contributed by atoms with E-state index in [9.17, 15) is 19.2 Å². The summed E-state index contributed by atoms with van der Waals surface area (Å²) in [4.78, 5) is 48.2. The zero-order valence-corrected chi connectivity index (χ0v) is 41.6. The predicted molar refractivity (Wildman–Crippen MR) is 273 cm³/mol. The summed E-state index contributed by atoms with van der Waals surface area (Å²) in [5.74, 6) is -2.76. The average Bonchev–Trinajstić information content (AvgIpc) is 4.12. The van der Waals surface area contributed by atoms with Crippen molar-refractivity contribution in [1.29, 1.82) is 0 Å². The molecule has 12 N–H and O–H groups in total. The van der Waals surface area contributed by atoms with E-state index in [1.165, 1.54) is 26.4 Å². The van der Waals surface area contributed by atoms with Crippen LogP contribution >= 0.6 is 22.7 Å². The van der Waals surface area contributed by atoms with Crippen LogP contribution in [0.25, 0.3) is 0 Å². The van der Waals surface area contributed by atoms with E-state index in [1.807, 2.05) is 42.5 Å². The van der Waals surface area contributed by atoms with Crippen molar-refractivity contribution in [2.75, 3.05) is 22.1 Å². The van der Waals surface area contributed by atoms with Crippen LogP contribution in [0.2, 0.25) is 13.1 Å². The lowest BCUT2D eigenvalue weighted by molar-refractivity contribution is -0.139. The molecule has 0 bridgehead atoms. The van der Waals surface area contributed by atoms with Crippen LogP contribution in [0.4, 0.5) is 22.7 Å². The lowest BCUT2D eigenvalue weighted by Gasteiger charge is -2.45. The molecule has 17 heteroatoms. The number of amides is 2. The average molecular weight is 985 g/mol. The SMILES string of the molecule is CC1OC2(c3cscc31)c1ccc(N)cc1C(C)(C)c1cc(NC(=O)CC[C@H](N)C(=O)O)ccc12.C[Si]1(C)c2cc(N)ccc2C2(OCc3sccc32)c2ccc(NC(=O)CC[C@H](N)C(=O)O)cc21. The number of carbonyl (C=O) groups excluding carboxylic acids is 2. The Labute approximate surface area is 409 Å². The van der Waals surface area contributed by atoms with Gasteiger partial charge >= 0.3 is 11.9 Å². The molecule has 358 valence electrons. The smallest absolute Gasteiger partial charge is 0.320 e. The number of hydrogen-bond donors (Lipinski definition) is 8. The van der Waals surface area contributed by atoms with Gasteiger partial charge in [0.1, 0.15) is 31.4 Å². The Bertz CT molecular complexity index is 3080. The lowest BCUT2D eigenvalue weighted by atomic mass is 9.62. The highest BCUT2D eigenvalue weighted by Gasteiger charge is 2.55. The summed E-state index contributed by atoms with van der Waals surface area (Å²) in [6.07, 6.45) is 0.150. The largest absolute Gasteiger partial charge is 0.480 e. The van der Waals surface area contributed by atoms with Gasteiger partial charge in [0.05, 0.1) is 12.7 Å². The highest BCUT2D eigenvalue weighted by Crippen LogP contribution is 2.60. The normalized spacial score (nSPS) is 21.3. The quantitative estimate of drug-likeness (QED) is 0.0515. The molecule has 14 nitrogen and oxygen atoms in total. The summed E-state index contributed by atoms with van der Waals surface area (Å²) in [6, 6.07) is 24.1. The van der Waals surface area contributed by atoms with Gasteiger partial charge in [-0.25, -0.2) is 0 Å². The van der Waals surface area contributed by atoms with Crippen LogP contribution in [-0.4, -0.2) is 54.1 Å². The van der Waals surface area contributed by atoms with Crippen molar-refractivity contribution < 1.29 is 38.9 Å². The Morgan fingerprint density at radius 3 is 1.86 bits per heavy atom. The second-order valence-electron chi connectivity index (χ2n) is 19.4. The van der Waals surface area contributed by atoms with Crippen molar-refractivity contribution in [3.8, 4) is 0 Å². The Balaban J connectivity index is 0.000000172. The van der Waals surface area contributed by atoms with Crippen molar-refractivity contribution in [2.24, 2.45) is 11.5 Å². The molecule has 5 atom stereocenters. The summed E-state index contributed by atoms with van der Waals surface area (Å²) in [5, 5.41) is 32.6. The van der Waals surface area contributed by atoms with Crippen LogP contribution in [0.5, 0.6) is 0 Å². The van der Waals surface area contributed by atoms with Gasteiger partial charge in [0.2, 0.25) is 11.8 Å². The van der Waals surface area contributed by atoms with Crippen LogP contribution in [0.15, 0.2) is 95.0 Å². The Hall–Kier alpha value is -6.18. The van der Waals surface area contributed by atoms with Gasteiger partial charge in [0.15, 0.2) is 0 Å². The molecule has 2 spiro atoms. The molecule has 69 heavy (non-hydrogen) atoms. The van der Waals surface area contributed by atoms with Gasteiger partial charge in [-0.3, -0.25) is 19.2 Å². The molecule has 2 amide bonds. The number of aliphatic carboxylic acids is 2. The molecule has 3 aliphatic heterocycles. The molecule has 2 aromatic heterocycles. The molecule has 1 aliphatic carbocycles. The molecule has 0 saturated heterocycles. The molecular formula is C52H56N6O8S2Si. The number of hydrogen-bond acceptors (Lipinski definition) is 12. The maximum absolute atomic E-state index is 12.5. The van der Waals surface area contributed by atoms with E-state index in [-0.39, 0.29) is 43.6 Å². The van der Waals surface area contributed by atoms with Crippen molar-refractivity contribution in [2.45, 2.75) is 101 Å². The highest BCUT2D eigenvalue weighted by atomic mass is 32.1. The van der Waals surface area contributed by atoms with Crippen LogP contribution < -0.4 is 43.9 Å². The summed E-state index contributed by atoms with van der Waals surface area (Å²) in [7, 11) is -2.20. The number of nitrogens with one attached hydrogen (secondary N) is 2. The fourth-order valence-corrected chi connectivity index (χ4v) is 15.7. The minimum atomic E-state index is -2.20. The number of nitrogens with two attached hydrogens (primary N) is 4. The number of carboxylic acids is 2. The van der Waals surface area contributed by atoms with Gasteiger partial charge < -0.3 is 53.3 Å².